The molecule has 1 aliphatic heterocycles. The molecule has 2 aromatic rings. The van der Waals surface area contributed by atoms with Gasteiger partial charge in [0, 0.05) is 32.2 Å². The Morgan fingerprint density at radius 3 is 2.14 bits per heavy atom. The minimum atomic E-state index is -3.53. The van der Waals surface area contributed by atoms with Gasteiger partial charge in [-0.05, 0) is 48.1 Å². The number of hydrogen-bond donors (Lipinski definition) is 0. The van der Waals surface area contributed by atoms with E-state index in [0.717, 1.165) is 12.0 Å². The van der Waals surface area contributed by atoms with Gasteiger partial charge in [0.2, 0.25) is 10.0 Å². The van der Waals surface area contributed by atoms with Gasteiger partial charge in [0.05, 0.1) is 4.90 Å². The van der Waals surface area contributed by atoms with E-state index in [9.17, 15) is 13.2 Å². The van der Waals surface area contributed by atoms with Crippen LogP contribution in [0.3, 0.4) is 0 Å². The Labute approximate surface area is 168 Å². The number of sulfonamides is 1. The van der Waals surface area contributed by atoms with Crippen LogP contribution in [0.1, 0.15) is 36.2 Å². The lowest BCUT2D eigenvalue weighted by atomic mass is 9.94. The molecular weight excluding hydrogens is 372 g/mol. The summed E-state index contributed by atoms with van der Waals surface area (Å²) < 4.78 is 27.5. The Morgan fingerprint density at radius 2 is 1.57 bits per heavy atom. The maximum absolute atomic E-state index is 13.0. The summed E-state index contributed by atoms with van der Waals surface area (Å²) in [5, 5.41) is 0. The first-order valence-corrected chi connectivity index (χ1v) is 11.1. The average molecular weight is 401 g/mol. The molecule has 2 atom stereocenters. The van der Waals surface area contributed by atoms with E-state index < -0.39 is 10.0 Å². The van der Waals surface area contributed by atoms with E-state index in [2.05, 4.69) is 13.8 Å². The van der Waals surface area contributed by atoms with E-state index in [4.69, 9.17) is 0 Å². The van der Waals surface area contributed by atoms with Crippen LogP contribution < -0.4 is 0 Å². The van der Waals surface area contributed by atoms with Crippen molar-refractivity contribution in [1.29, 1.82) is 0 Å². The summed E-state index contributed by atoms with van der Waals surface area (Å²) in [7, 11) is -1.78. The second-order valence-corrected chi connectivity index (χ2v) is 9.88. The monoisotopic (exact) mass is 400 g/mol. The van der Waals surface area contributed by atoms with Crippen LogP contribution in [0.2, 0.25) is 0 Å². The molecule has 1 heterocycles. The normalized spacial score (nSPS) is 20.7. The lowest BCUT2D eigenvalue weighted by Crippen LogP contribution is -2.42. The molecule has 28 heavy (non-hydrogen) atoms. The third-order valence-corrected chi connectivity index (χ3v) is 7.03. The minimum absolute atomic E-state index is 0.131. The number of benzene rings is 2. The molecule has 2 aromatic carbocycles. The van der Waals surface area contributed by atoms with Crippen LogP contribution in [0.4, 0.5) is 0 Å². The lowest BCUT2D eigenvalue weighted by molar-refractivity contribution is 0.0785. The average Bonchev–Trinajstić information content (AvgIpc) is 2.67. The van der Waals surface area contributed by atoms with Crippen molar-refractivity contribution in [3.05, 3.63) is 65.7 Å². The summed E-state index contributed by atoms with van der Waals surface area (Å²) in [5.74, 6) is 0.574. The number of carbonyl (C=O) groups is 1. The topological polar surface area (TPSA) is 57.7 Å². The maximum Gasteiger partial charge on any atom is 0.253 e. The molecule has 1 saturated heterocycles. The summed E-state index contributed by atoms with van der Waals surface area (Å²) in [6.07, 6.45) is 1.05. The molecule has 0 spiro atoms. The second-order valence-electron chi connectivity index (χ2n) is 7.94. The highest BCUT2D eigenvalue weighted by Gasteiger charge is 2.31. The number of hydrogen-bond acceptors (Lipinski definition) is 3. The number of rotatable bonds is 5. The third kappa shape index (κ3) is 4.62. The van der Waals surface area contributed by atoms with Crippen molar-refractivity contribution >= 4 is 15.9 Å². The molecule has 0 aromatic heterocycles. The van der Waals surface area contributed by atoms with Gasteiger partial charge in [-0.3, -0.25) is 4.79 Å². The van der Waals surface area contributed by atoms with Crippen molar-refractivity contribution in [2.24, 2.45) is 11.8 Å². The molecule has 5 nitrogen and oxygen atoms in total. The van der Waals surface area contributed by atoms with Crippen LogP contribution in [-0.2, 0) is 16.6 Å². The summed E-state index contributed by atoms with van der Waals surface area (Å²) in [4.78, 5) is 14.5. The third-order valence-electron chi connectivity index (χ3n) is 5.18. The van der Waals surface area contributed by atoms with Gasteiger partial charge in [0.15, 0.2) is 0 Å². The van der Waals surface area contributed by atoms with E-state index in [1.54, 1.807) is 40.5 Å². The fourth-order valence-electron chi connectivity index (χ4n) is 3.87. The number of amides is 1. The Kier molecular flexibility index (Phi) is 6.20. The number of carbonyl (C=O) groups excluding carboxylic acids is 1. The van der Waals surface area contributed by atoms with E-state index in [-0.39, 0.29) is 10.8 Å². The Morgan fingerprint density at radius 1 is 1.00 bits per heavy atom. The van der Waals surface area contributed by atoms with Gasteiger partial charge in [0.25, 0.3) is 5.91 Å². The highest BCUT2D eigenvalue weighted by Crippen LogP contribution is 2.26. The largest absolute Gasteiger partial charge is 0.337 e. The highest BCUT2D eigenvalue weighted by molar-refractivity contribution is 7.89. The minimum Gasteiger partial charge on any atom is -0.337 e. The first-order chi connectivity index (χ1) is 13.3. The molecular formula is C22H28N2O3S. The van der Waals surface area contributed by atoms with Gasteiger partial charge in [-0.2, -0.15) is 4.31 Å². The smallest absolute Gasteiger partial charge is 0.253 e. The van der Waals surface area contributed by atoms with Gasteiger partial charge in [-0.25, -0.2) is 8.42 Å². The van der Waals surface area contributed by atoms with Gasteiger partial charge in [-0.1, -0.05) is 44.2 Å². The second kappa shape index (κ2) is 8.45. The first kappa shape index (κ1) is 20.6. The Balaban J connectivity index is 1.72. The molecule has 1 aliphatic rings. The van der Waals surface area contributed by atoms with Gasteiger partial charge in [-0.15, -0.1) is 0 Å². The molecule has 0 N–H and O–H groups in total. The van der Waals surface area contributed by atoms with E-state index >= 15 is 0 Å². The zero-order chi connectivity index (χ0) is 20.3. The number of nitrogens with zero attached hydrogens (tertiary/aromatic N) is 2. The zero-order valence-electron chi connectivity index (χ0n) is 16.7. The van der Waals surface area contributed by atoms with Gasteiger partial charge >= 0.3 is 0 Å². The van der Waals surface area contributed by atoms with Crippen LogP contribution in [0.25, 0.3) is 0 Å². The number of piperidine rings is 1. The molecule has 3 rings (SSSR count). The molecule has 0 saturated carbocycles. The van der Waals surface area contributed by atoms with E-state index in [1.165, 1.54) is 0 Å². The predicted molar refractivity (Wildman–Crippen MR) is 110 cm³/mol. The molecule has 1 fully saturated rings. The van der Waals surface area contributed by atoms with Crippen molar-refractivity contribution in [3.8, 4) is 0 Å². The standard InChI is InChI=1S/C22H28N2O3S/c1-17-13-18(2)15-24(14-17)28(26,27)21-11-9-20(10-12-21)22(25)23(3)16-19-7-5-4-6-8-19/h4-12,17-18H,13-16H2,1-3H3/t17-,18-/m0/s1. The molecule has 0 bridgehead atoms. The summed E-state index contributed by atoms with van der Waals surface area (Å²) in [6, 6.07) is 16.1. The van der Waals surface area contributed by atoms with Crippen LogP contribution in [0.15, 0.2) is 59.5 Å². The fraction of sp³-hybridized carbons (Fsp3) is 0.409. The Bertz CT molecular complexity index is 901. The summed E-state index contributed by atoms with van der Waals surface area (Å²) >= 11 is 0. The molecule has 0 radical (unpaired) electrons. The fourth-order valence-corrected chi connectivity index (χ4v) is 5.55. The van der Waals surface area contributed by atoms with Crippen LogP contribution >= 0.6 is 0 Å². The lowest BCUT2D eigenvalue weighted by Gasteiger charge is -2.34. The molecule has 150 valence electrons. The van der Waals surface area contributed by atoms with Crippen molar-refractivity contribution in [1.82, 2.24) is 9.21 Å². The van der Waals surface area contributed by atoms with E-state index in [1.807, 2.05) is 30.3 Å². The SMILES string of the molecule is C[C@H]1C[C@H](C)CN(S(=O)(=O)c2ccc(C(=O)N(C)Cc3ccccc3)cc2)C1. The summed E-state index contributed by atoms with van der Waals surface area (Å²) in [6.45, 7) is 5.77. The van der Waals surface area contributed by atoms with Crippen LogP contribution in [0.5, 0.6) is 0 Å². The zero-order valence-corrected chi connectivity index (χ0v) is 17.5. The quantitative estimate of drug-likeness (QED) is 0.770. The summed E-state index contributed by atoms with van der Waals surface area (Å²) in [5.41, 5.74) is 1.53. The molecule has 0 aliphatic carbocycles. The van der Waals surface area contributed by atoms with Crippen molar-refractivity contribution in [3.63, 3.8) is 0 Å². The van der Waals surface area contributed by atoms with Crippen molar-refractivity contribution in [2.45, 2.75) is 31.7 Å². The van der Waals surface area contributed by atoms with Crippen LogP contribution in [0, 0.1) is 11.8 Å². The molecule has 1 amide bonds. The predicted octanol–water partition coefficient (Wildman–Crippen LogP) is 3.63. The van der Waals surface area contributed by atoms with Crippen molar-refractivity contribution in [2.75, 3.05) is 20.1 Å². The van der Waals surface area contributed by atoms with Gasteiger partial charge < -0.3 is 4.90 Å². The van der Waals surface area contributed by atoms with Crippen molar-refractivity contribution < 1.29 is 13.2 Å². The maximum atomic E-state index is 13.0. The molecule has 6 heteroatoms. The molecule has 0 unspecified atom stereocenters. The van der Waals surface area contributed by atoms with Gasteiger partial charge in [0.1, 0.15) is 0 Å². The highest BCUT2D eigenvalue weighted by atomic mass is 32.2. The van der Waals surface area contributed by atoms with Crippen LogP contribution in [-0.4, -0.2) is 43.7 Å². The van der Waals surface area contributed by atoms with E-state index in [0.29, 0.717) is 37.0 Å². The Hall–Kier alpha value is -2.18. The first-order valence-electron chi connectivity index (χ1n) is 9.67.